The Hall–Kier alpha value is -3.68. The number of halogens is 3. The minimum atomic E-state index is -5.10. The number of alkyl halides is 3. The van der Waals surface area contributed by atoms with Gasteiger partial charge in [0, 0.05) is 19.8 Å². The van der Waals surface area contributed by atoms with Crippen molar-refractivity contribution in [1.29, 1.82) is 0 Å². The topological polar surface area (TPSA) is 180 Å². The molecule has 0 saturated heterocycles. The number of amides is 5. The smallest absolute Gasteiger partial charge is 0.382 e. The number of carbonyl (C=O) groups excluding carboxylic acids is 5. The van der Waals surface area contributed by atoms with Gasteiger partial charge in [0.05, 0.1) is 6.04 Å². The first-order valence-electron chi connectivity index (χ1n) is 13.7. The van der Waals surface area contributed by atoms with Gasteiger partial charge in [0.2, 0.25) is 29.5 Å². The predicted molar refractivity (Wildman–Crippen MR) is 148 cm³/mol. The highest BCUT2D eigenvalue weighted by Gasteiger charge is 2.44. The summed E-state index contributed by atoms with van der Waals surface area (Å²) >= 11 is 0. The summed E-state index contributed by atoms with van der Waals surface area (Å²) in [7, 11) is 0. The number of nitrogens with two attached hydrogens (primary N) is 1. The quantitative estimate of drug-likeness (QED) is 0.165. The van der Waals surface area contributed by atoms with Crippen molar-refractivity contribution in [3.05, 3.63) is 35.9 Å². The molecule has 0 aliphatic carbocycles. The minimum absolute atomic E-state index is 0.00728. The summed E-state index contributed by atoms with van der Waals surface area (Å²) in [4.78, 5) is 62.6. The van der Waals surface area contributed by atoms with Gasteiger partial charge in [-0.3, -0.25) is 24.0 Å². The second-order valence-corrected chi connectivity index (χ2v) is 11.0. The van der Waals surface area contributed by atoms with Crippen molar-refractivity contribution in [1.82, 2.24) is 21.3 Å². The van der Waals surface area contributed by atoms with E-state index in [0.717, 1.165) is 0 Å². The van der Waals surface area contributed by atoms with Gasteiger partial charge in [0.15, 0.2) is 6.10 Å². The van der Waals surface area contributed by atoms with Gasteiger partial charge in [-0.1, -0.05) is 58.0 Å². The number of hydrogen-bond donors (Lipinski definition) is 6. The molecule has 0 spiro atoms. The molecule has 0 saturated carbocycles. The van der Waals surface area contributed by atoms with E-state index in [1.807, 2.05) is 0 Å². The fourth-order valence-electron chi connectivity index (χ4n) is 4.17. The molecule has 0 fully saturated rings. The molecule has 5 atom stereocenters. The largest absolute Gasteiger partial charge is 0.416 e. The van der Waals surface area contributed by atoms with Crippen LogP contribution in [-0.2, 0) is 30.4 Å². The van der Waals surface area contributed by atoms with E-state index in [1.165, 1.54) is 6.92 Å². The molecule has 0 bridgehead atoms. The van der Waals surface area contributed by atoms with Crippen molar-refractivity contribution < 1.29 is 42.3 Å². The molecule has 0 heterocycles. The lowest BCUT2D eigenvalue weighted by Crippen LogP contribution is -2.59. The zero-order valence-corrected chi connectivity index (χ0v) is 24.5. The second-order valence-electron chi connectivity index (χ2n) is 11.0. The molecule has 5 amide bonds. The molecule has 7 N–H and O–H groups in total. The summed E-state index contributed by atoms with van der Waals surface area (Å²) < 4.78 is 39.8. The van der Waals surface area contributed by atoms with E-state index in [1.54, 1.807) is 58.0 Å². The Bertz CT molecular complexity index is 1070. The fourth-order valence-corrected chi connectivity index (χ4v) is 4.17. The van der Waals surface area contributed by atoms with Crippen LogP contribution in [0.25, 0.3) is 0 Å². The highest BCUT2D eigenvalue weighted by atomic mass is 19.4. The summed E-state index contributed by atoms with van der Waals surface area (Å²) in [6.45, 7) is 8.12. The number of benzene rings is 1. The first-order valence-corrected chi connectivity index (χ1v) is 13.7. The van der Waals surface area contributed by atoms with Crippen molar-refractivity contribution >= 4 is 29.5 Å². The Labute approximate surface area is 243 Å². The van der Waals surface area contributed by atoms with Gasteiger partial charge in [-0.25, -0.2) is 0 Å². The van der Waals surface area contributed by atoms with Crippen LogP contribution in [-0.4, -0.2) is 71.1 Å². The van der Waals surface area contributed by atoms with E-state index in [-0.39, 0.29) is 24.7 Å². The normalized spacial score (nSPS) is 15.2. The molecule has 1 aromatic rings. The van der Waals surface area contributed by atoms with Crippen molar-refractivity contribution in [2.45, 2.75) is 96.7 Å². The zero-order valence-electron chi connectivity index (χ0n) is 24.5. The van der Waals surface area contributed by atoms with Crippen LogP contribution >= 0.6 is 0 Å². The number of carbonyl (C=O) groups is 5. The average molecular weight is 602 g/mol. The number of aliphatic hydroxyl groups excluding tert-OH is 1. The fraction of sp³-hybridized carbons (Fsp3) is 0.607. The van der Waals surface area contributed by atoms with Crippen LogP contribution in [0.1, 0.15) is 59.4 Å². The first kappa shape index (κ1) is 36.3. The van der Waals surface area contributed by atoms with Crippen LogP contribution in [0.2, 0.25) is 0 Å². The van der Waals surface area contributed by atoms with Crippen LogP contribution in [0, 0.1) is 11.8 Å². The van der Waals surface area contributed by atoms with Gasteiger partial charge in [0.1, 0.15) is 18.1 Å². The van der Waals surface area contributed by atoms with Crippen molar-refractivity contribution in [2.24, 2.45) is 17.6 Å². The Morgan fingerprint density at radius 3 is 1.88 bits per heavy atom. The maximum atomic E-state index is 13.5. The van der Waals surface area contributed by atoms with Crippen LogP contribution in [0.3, 0.4) is 0 Å². The van der Waals surface area contributed by atoms with Crippen molar-refractivity contribution in [2.75, 3.05) is 0 Å². The predicted octanol–water partition coefficient (Wildman–Crippen LogP) is 1.08. The molecule has 1 aromatic carbocycles. The number of aliphatic hydroxyl groups is 1. The van der Waals surface area contributed by atoms with E-state index in [9.17, 15) is 42.3 Å². The van der Waals surface area contributed by atoms with E-state index in [0.29, 0.717) is 5.56 Å². The summed E-state index contributed by atoms with van der Waals surface area (Å²) in [6.07, 6.45) is -9.18. The number of primary amides is 1. The van der Waals surface area contributed by atoms with Gasteiger partial charge >= 0.3 is 6.18 Å². The third-order valence-corrected chi connectivity index (χ3v) is 6.31. The van der Waals surface area contributed by atoms with Crippen LogP contribution in [0.4, 0.5) is 13.2 Å². The molecule has 236 valence electrons. The number of hydrogen-bond acceptors (Lipinski definition) is 6. The minimum Gasteiger partial charge on any atom is -0.382 e. The number of rotatable bonds is 16. The SMILES string of the molecule is CC(=O)NC(C(=O)NC(Cc1ccccc1)C(=O)NC(CC(C)C)C(=O)NC(CCC(N)=O)C(O)C(F)(F)F)C(C)C. The molecule has 5 unspecified atom stereocenters. The molecule has 11 nitrogen and oxygen atoms in total. The van der Waals surface area contributed by atoms with Crippen LogP contribution in [0.5, 0.6) is 0 Å². The van der Waals surface area contributed by atoms with Gasteiger partial charge in [-0.15, -0.1) is 0 Å². The van der Waals surface area contributed by atoms with Gasteiger partial charge in [-0.05, 0) is 30.2 Å². The van der Waals surface area contributed by atoms with E-state index in [4.69, 9.17) is 5.73 Å². The zero-order chi connectivity index (χ0) is 32.2. The van der Waals surface area contributed by atoms with Crippen molar-refractivity contribution in [3.63, 3.8) is 0 Å². The average Bonchev–Trinajstić information content (AvgIpc) is 2.87. The summed E-state index contributed by atoms with van der Waals surface area (Å²) in [5, 5.41) is 19.6. The third-order valence-electron chi connectivity index (χ3n) is 6.31. The van der Waals surface area contributed by atoms with Crippen LogP contribution in [0.15, 0.2) is 30.3 Å². The molecule has 1 rings (SSSR count). The lowest BCUT2D eigenvalue weighted by molar-refractivity contribution is -0.212. The maximum Gasteiger partial charge on any atom is 0.416 e. The summed E-state index contributed by atoms with van der Waals surface area (Å²) in [5.74, 6) is -4.35. The Kier molecular flexibility index (Phi) is 14.4. The molecule has 0 radical (unpaired) electrons. The van der Waals surface area contributed by atoms with Crippen molar-refractivity contribution in [3.8, 4) is 0 Å². The monoisotopic (exact) mass is 601 g/mol. The lowest BCUT2D eigenvalue weighted by Gasteiger charge is -2.30. The molecule has 0 aromatic heterocycles. The molecule has 0 aliphatic heterocycles. The molecular formula is C28H42F3N5O6. The molecule has 42 heavy (non-hydrogen) atoms. The Balaban J connectivity index is 3.28. The van der Waals surface area contributed by atoms with Gasteiger partial charge in [0.25, 0.3) is 0 Å². The highest BCUT2D eigenvalue weighted by Crippen LogP contribution is 2.24. The number of nitrogens with one attached hydrogen (secondary N) is 4. The van der Waals surface area contributed by atoms with Crippen LogP contribution < -0.4 is 27.0 Å². The van der Waals surface area contributed by atoms with Gasteiger partial charge < -0.3 is 32.1 Å². The van der Waals surface area contributed by atoms with Gasteiger partial charge in [-0.2, -0.15) is 13.2 Å². The standard InChI is InChI=1S/C28H42F3N5O6/c1-15(2)13-20(25(40)34-19(11-12-22(32)38)24(39)28(29,30)31)35-26(41)21(14-18-9-7-6-8-10-18)36-27(42)23(16(3)4)33-17(5)37/h6-10,15-16,19-21,23-24,39H,11-14H2,1-5H3,(H2,32,38)(H,33,37)(H,34,40)(H,35,41)(H,36,42). The highest BCUT2D eigenvalue weighted by molar-refractivity contribution is 5.94. The lowest BCUT2D eigenvalue weighted by atomic mass is 9.98. The second kappa shape index (κ2) is 16.7. The Morgan fingerprint density at radius 1 is 0.857 bits per heavy atom. The summed E-state index contributed by atoms with van der Waals surface area (Å²) in [5.41, 5.74) is 5.72. The van der Waals surface area contributed by atoms with E-state index >= 15 is 0 Å². The maximum absolute atomic E-state index is 13.5. The molecule has 14 heteroatoms. The molecular weight excluding hydrogens is 559 g/mol. The third kappa shape index (κ3) is 12.9. The Morgan fingerprint density at radius 2 is 1.40 bits per heavy atom. The van der Waals surface area contributed by atoms with E-state index < -0.39 is 78.8 Å². The molecule has 0 aliphatic rings. The van der Waals surface area contributed by atoms with E-state index in [2.05, 4.69) is 21.3 Å². The first-order chi connectivity index (χ1) is 19.4. The summed E-state index contributed by atoms with van der Waals surface area (Å²) in [6, 6.07) is 3.24.